The van der Waals surface area contributed by atoms with E-state index in [0.717, 1.165) is 13.1 Å². The van der Waals surface area contributed by atoms with Crippen molar-refractivity contribution < 1.29 is 0 Å². The first-order valence-corrected chi connectivity index (χ1v) is 5.16. The van der Waals surface area contributed by atoms with Crippen LogP contribution in [0.25, 0.3) is 0 Å². The van der Waals surface area contributed by atoms with E-state index in [1.54, 1.807) is 0 Å². The Balaban J connectivity index is -0.0000000292. The zero-order valence-electron chi connectivity index (χ0n) is 10.3. The molecule has 0 aliphatic heterocycles. The van der Waals surface area contributed by atoms with Gasteiger partial charge in [-0.3, -0.25) is 0 Å². The highest BCUT2D eigenvalue weighted by Gasteiger charge is 1.76. The molecule has 0 saturated carbocycles. The molecule has 0 radical (unpaired) electrons. The van der Waals surface area contributed by atoms with Crippen LogP contribution in [0.15, 0.2) is 0 Å². The molecule has 0 aromatic heterocycles. The third-order valence-electron chi connectivity index (χ3n) is 0.976. The lowest BCUT2D eigenvalue weighted by Crippen LogP contribution is -2.27. The van der Waals surface area contributed by atoms with Crippen molar-refractivity contribution in [3.05, 3.63) is 0 Å². The van der Waals surface area contributed by atoms with Crippen molar-refractivity contribution in [3.8, 4) is 0 Å². The van der Waals surface area contributed by atoms with E-state index in [4.69, 9.17) is 34.4 Å². The lowest BCUT2D eigenvalue weighted by Gasteiger charge is -1.95. The van der Waals surface area contributed by atoms with Gasteiger partial charge in [0.1, 0.15) is 0 Å². The Morgan fingerprint density at radius 3 is 0.833 bits per heavy atom. The summed E-state index contributed by atoms with van der Waals surface area (Å²) in [6, 6.07) is 0. The zero-order valence-corrected chi connectivity index (χ0v) is 10.3. The van der Waals surface area contributed by atoms with Crippen molar-refractivity contribution in [3.63, 3.8) is 0 Å². The smallest absolute Gasteiger partial charge is 0.00750 e. The van der Waals surface area contributed by atoms with E-state index in [1.807, 2.05) is 0 Å². The average Bonchev–Trinajstić information content (AvgIpc) is 2.30. The number of nitrogens with two attached hydrogens (primary N) is 6. The van der Waals surface area contributed by atoms with Gasteiger partial charge in [-0.25, -0.2) is 0 Å². The van der Waals surface area contributed by atoms with Crippen LogP contribution in [0.3, 0.4) is 0 Å². The van der Waals surface area contributed by atoms with Gasteiger partial charge >= 0.3 is 0 Å². The topological polar surface area (TPSA) is 203 Å². The maximum absolute atomic E-state index is 5.17. The van der Waals surface area contributed by atoms with Gasteiger partial charge in [0.15, 0.2) is 0 Å². The summed E-state index contributed by atoms with van der Waals surface area (Å²) in [7, 11) is 0. The normalized spacial score (nSPS) is 7.00. The summed E-state index contributed by atoms with van der Waals surface area (Å²) in [5, 5.41) is 3.03. The van der Waals surface area contributed by atoms with Crippen LogP contribution in [0.4, 0.5) is 0 Å². The van der Waals surface area contributed by atoms with E-state index in [2.05, 4.69) is 5.32 Å². The largest absolute Gasteiger partial charge is 0.344 e. The summed E-state index contributed by atoms with van der Waals surface area (Å²) in [6.07, 6.45) is 0. The predicted octanol–water partition coefficient (Wildman–Crippen LogP) is -2.26. The number of nitrogens with one attached hydrogen (secondary N) is 1. The van der Waals surface area contributed by atoms with Gasteiger partial charge in [-0.1, -0.05) is 14.9 Å². The van der Waals surface area contributed by atoms with Crippen molar-refractivity contribution in [2.24, 2.45) is 34.4 Å². The van der Waals surface area contributed by atoms with Crippen LogP contribution in [0.5, 0.6) is 0 Å². The third-order valence-corrected chi connectivity index (χ3v) is 0.976. The molecular formula is C10H40N8. The summed E-state index contributed by atoms with van der Waals surface area (Å²) >= 11 is 0. The molecule has 18 heavy (non-hydrogen) atoms. The fraction of sp³-hybridized carbons (Fsp3) is 1.00. The Kier molecular flexibility index (Phi) is 109. The fourth-order valence-electron chi connectivity index (χ4n) is 0.329. The monoisotopic (exact) mass is 272 g/mol. The van der Waals surface area contributed by atoms with E-state index in [-0.39, 0.29) is 21.0 Å². The minimum Gasteiger partial charge on any atom is -0.344 e. The second-order valence-electron chi connectivity index (χ2n) is 2.48. The van der Waals surface area contributed by atoms with Gasteiger partial charge in [-0.15, -0.1) is 0 Å². The average molecular weight is 272 g/mol. The van der Waals surface area contributed by atoms with Gasteiger partial charge in [-0.05, 0) is 0 Å². The molecule has 0 fully saturated rings. The van der Waals surface area contributed by atoms with Crippen LogP contribution in [-0.4, -0.2) is 52.4 Å². The molecule has 0 amide bonds. The van der Waals surface area contributed by atoms with Crippen LogP contribution in [0, 0.1) is 0 Å². The second-order valence-corrected chi connectivity index (χ2v) is 2.48. The van der Waals surface area contributed by atoms with Gasteiger partial charge < -0.3 is 45.9 Å². The van der Waals surface area contributed by atoms with E-state index >= 15 is 0 Å². The van der Waals surface area contributed by atoms with Crippen molar-refractivity contribution in [1.82, 2.24) is 11.5 Å². The molecule has 8 nitrogen and oxygen atoms in total. The van der Waals surface area contributed by atoms with Crippen molar-refractivity contribution in [1.29, 1.82) is 0 Å². The Labute approximate surface area is 114 Å². The molecule has 0 aromatic rings. The maximum Gasteiger partial charge on any atom is 0.00750 e. The van der Waals surface area contributed by atoms with Crippen LogP contribution < -0.4 is 45.9 Å². The molecule has 0 aliphatic rings. The number of rotatable bonds is 6. The first kappa shape index (κ1) is 36.1. The van der Waals surface area contributed by atoms with Gasteiger partial charge in [0.05, 0.1) is 0 Å². The van der Waals surface area contributed by atoms with Gasteiger partial charge in [0.25, 0.3) is 0 Å². The molecule has 0 aliphatic carbocycles. The summed E-state index contributed by atoms with van der Waals surface area (Å²) in [5.41, 5.74) is 29.9. The maximum atomic E-state index is 5.17. The summed E-state index contributed by atoms with van der Waals surface area (Å²) in [5.74, 6) is 0. The molecule has 8 heteroatoms. The molecule has 0 spiro atoms. The van der Waals surface area contributed by atoms with Crippen LogP contribution in [0.1, 0.15) is 14.9 Å². The lowest BCUT2D eigenvalue weighted by atomic mass is 10.6. The Bertz CT molecular complexity index is 62.9. The first-order chi connectivity index (χ1) is 7.24. The standard InChI is InChI=1S/C4H13N3.2C2H8N2.2CH4.H3N/c5-1-3-7-4-2-6;2*3-1-2-4;;;/h7H,1-6H2;2*1-4H2;2*1H4;1H3. The van der Waals surface area contributed by atoms with Gasteiger partial charge in [0, 0.05) is 52.4 Å². The van der Waals surface area contributed by atoms with E-state index < -0.39 is 0 Å². The minimum absolute atomic E-state index is 0. The molecule has 0 unspecified atom stereocenters. The van der Waals surface area contributed by atoms with E-state index in [0.29, 0.717) is 39.3 Å². The molecule has 0 heterocycles. The van der Waals surface area contributed by atoms with Gasteiger partial charge in [0.2, 0.25) is 0 Å². The molecular weight excluding hydrogens is 232 g/mol. The van der Waals surface area contributed by atoms with Crippen molar-refractivity contribution in [2.75, 3.05) is 52.4 Å². The summed E-state index contributed by atoms with van der Waals surface area (Å²) < 4.78 is 0. The van der Waals surface area contributed by atoms with Gasteiger partial charge in [-0.2, -0.15) is 0 Å². The lowest BCUT2D eigenvalue weighted by molar-refractivity contribution is 0.696. The third kappa shape index (κ3) is 105. The second kappa shape index (κ2) is 54.4. The highest BCUT2D eigenvalue weighted by Crippen LogP contribution is 1.49. The Morgan fingerprint density at radius 1 is 0.500 bits per heavy atom. The van der Waals surface area contributed by atoms with Crippen LogP contribution in [0.2, 0.25) is 0 Å². The predicted molar refractivity (Wildman–Crippen MR) is 85.7 cm³/mol. The summed E-state index contributed by atoms with van der Waals surface area (Å²) in [6.45, 7) is 5.52. The van der Waals surface area contributed by atoms with Crippen LogP contribution >= 0.6 is 0 Å². The molecule has 16 N–H and O–H groups in total. The Hall–Kier alpha value is -0.320. The highest BCUT2D eigenvalue weighted by atomic mass is 14.9. The molecule has 0 saturated heterocycles. The molecule has 0 rings (SSSR count). The SMILES string of the molecule is C.C.N.NCCN.NCCN.NCCNCCN. The van der Waals surface area contributed by atoms with E-state index in [1.165, 1.54) is 0 Å². The molecule has 0 bridgehead atoms. The van der Waals surface area contributed by atoms with Crippen LogP contribution in [-0.2, 0) is 0 Å². The van der Waals surface area contributed by atoms with Crippen molar-refractivity contribution in [2.45, 2.75) is 14.9 Å². The van der Waals surface area contributed by atoms with Crippen molar-refractivity contribution >= 4 is 0 Å². The number of hydrogen-bond donors (Lipinski definition) is 8. The zero-order chi connectivity index (χ0) is 12.4. The first-order valence-electron chi connectivity index (χ1n) is 5.16. The van der Waals surface area contributed by atoms with E-state index in [9.17, 15) is 0 Å². The molecule has 0 atom stereocenters. The fourth-order valence-corrected chi connectivity index (χ4v) is 0.329. The Morgan fingerprint density at radius 2 is 0.722 bits per heavy atom. The molecule has 0 aromatic carbocycles. The summed E-state index contributed by atoms with van der Waals surface area (Å²) in [4.78, 5) is 0. The highest BCUT2D eigenvalue weighted by molar-refractivity contribution is 4.45. The molecule has 120 valence electrons. The number of hydrogen-bond acceptors (Lipinski definition) is 8. The quantitative estimate of drug-likeness (QED) is 0.247. The minimum atomic E-state index is 0.